The lowest BCUT2D eigenvalue weighted by Crippen LogP contribution is -2.68. The molecule has 0 aromatic carbocycles. The number of rotatable bonds is 6. The third-order valence-corrected chi connectivity index (χ3v) is 12.4. The predicted molar refractivity (Wildman–Crippen MR) is 151 cm³/mol. The van der Waals surface area contributed by atoms with Crippen LogP contribution < -0.4 is 0 Å². The lowest BCUT2D eigenvalue weighted by Gasteiger charge is -2.66. The zero-order chi connectivity index (χ0) is 30.1. The Kier molecular flexibility index (Phi) is 8.83. The van der Waals surface area contributed by atoms with E-state index in [2.05, 4.69) is 26.8 Å². The number of aliphatic hydroxyl groups excluding tert-OH is 6. The van der Waals surface area contributed by atoms with Gasteiger partial charge in [0.05, 0.1) is 36.6 Å². The Balaban J connectivity index is 1.34. The fourth-order valence-electron chi connectivity index (χ4n) is 10.2. The minimum absolute atomic E-state index is 0.0252. The zero-order valence-electron chi connectivity index (χ0n) is 25.3. The van der Waals surface area contributed by atoms with Crippen molar-refractivity contribution in [2.45, 2.75) is 134 Å². The summed E-state index contributed by atoms with van der Waals surface area (Å²) in [5, 5.41) is 75.9. The molecule has 0 aromatic heterocycles. The van der Waals surface area contributed by atoms with E-state index >= 15 is 0 Å². The van der Waals surface area contributed by atoms with Crippen molar-refractivity contribution in [1.82, 2.24) is 0 Å². The molecule has 5 fully saturated rings. The van der Waals surface area contributed by atoms with Gasteiger partial charge in [-0.05, 0) is 78.9 Å². The Bertz CT molecular complexity index is 959. The van der Waals surface area contributed by atoms with Gasteiger partial charge in [-0.1, -0.05) is 46.8 Å². The number of ether oxygens (including phenoxy) is 2. The summed E-state index contributed by atoms with van der Waals surface area (Å²) in [5.74, 6) is -0.177. The number of fused-ring (bicyclic) bond motifs is 5. The van der Waals surface area contributed by atoms with Gasteiger partial charge in [0, 0.05) is 12.3 Å². The van der Waals surface area contributed by atoms with Gasteiger partial charge in [-0.15, -0.1) is 0 Å². The third kappa shape index (κ3) is 5.25. The van der Waals surface area contributed by atoms with E-state index in [-0.39, 0.29) is 59.4 Å². The molecule has 5 rings (SSSR count). The van der Waals surface area contributed by atoms with Crippen LogP contribution >= 0.6 is 0 Å². The molecule has 7 N–H and O–H groups in total. The molecule has 0 unspecified atom stereocenters. The molecular weight excluding hydrogens is 528 g/mol. The fourth-order valence-corrected chi connectivity index (χ4v) is 10.2. The Hall–Kier alpha value is -0.620. The average Bonchev–Trinajstić information content (AvgIpc) is 3.18. The van der Waals surface area contributed by atoms with Crippen LogP contribution in [0.4, 0.5) is 0 Å². The Labute approximate surface area is 244 Å². The molecule has 9 nitrogen and oxygen atoms in total. The molecule has 0 radical (unpaired) electrons. The van der Waals surface area contributed by atoms with Gasteiger partial charge >= 0.3 is 0 Å². The molecule has 0 spiro atoms. The third-order valence-electron chi connectivity index (χ3n) is 12.4. The van der Waals surface area contributed by atoms with Crippen molar-refractivity contribution < 1.29 is 45.2 Å². The molecule has 236 valence electrons. The molecule has 0 bridgehead atoms. The van der Waals surface area contributed by atoms with Crippen molar-refractivity contribution in [1.29, 1.82) is 0 Å². The second-order valence-electron chi connectivity index (χ2n) is 15.1. The molecule has 5 aliphatic rings. The molecule has 1 heterocycles. The van der Waals surface area contributed by atoms with Crippen molar-refractivity contribution in [2.24, 2.45) is 46.3 Å². The van der Waals surface area contributed by atoms with Gasteiger partial charge in [-0.3, -0.25) is 0 Å². The summed E-state index contributed by atoms with van der Waals surface area (Å²) >= 11 is 0. The molecule has 1 aliphatic heterocycles. The quantitative estimate of drug-likeness (QED) is 0.232. The van der Waals surface area contributed by atoms with Crippen LogP contribution in [0.5, 0.6) is 0 Å². The summed E-state index contributed by atoms with van der Waals surface area (Å²) in [6.45, 7) is 10.4. The Morgan fingerprint density at radius 3 is 2.20 bits per heavy atom. The predicted octanol–water partition coefficient (Wildman–Crippen LogP) is 1.74. The zero-order valence-corrected chi connectivity index (χ0v) is 25.3. The summed E-state index contributed by atoms with van der Waals surface area (Å²) in [4.78, 5) is 0. The van der Waals surface area contributed by atoms with E-state index in [1.807, 2.05) is 19.9 Å². The average molecular weight is 583 g/mol. The highest BCUT2D eigenvalue weighted by molar-refractivity contribution is 5.20. The number of aliphatic hydroxyl groups is 7. The van der Waals surface area contributed by atoms with E-state index in [9.17, 15) is 35.7 Å². The molecule has 0 amide bonds. The fraction of sp³-hybridized carbons (Fsp3) is 0.938. The summed E-state index contributed by atoms with van der Waals surface area (Å²) in [6.07, 6.45) is 1.54. The summed E-state index contributed by atoms with van der Waals surface area (Å²) < 4.78 is 11.5. The first-order valence-electron chi connectivity index (χ1n) is 15.9. The van der Waals surface area contributed by atoms with Crippen molar-refractivity contribution >= 4 is 0 Å². The van der Waals surface area contributed by atoms with Crippen LogP contribution in [0.3, 0.4) is 0 Å². The lowest BCUT2D eigenvalue weighted by atomic mass is 9.42. The highest BCUT2D eigenvalue weighted by Crippen LogP contribution is 2.69. The molecular formula is C32H54O9. The van der Waals surface area contributed by atoms with Crippen LogP contribution in [0.25, 0.3) is 0 Å². The molecule has 4 aliphatic carbocycles. The lowest BCUT2D eigenvalue weighted by molar-refractivity contribution is -0.280. The monoisotopic (exact) mass is 582 g/mol. The molecule has 9 heteroatoms. The second-order valence-corrected chi connectivity index (χ2v) is 15.1. The van der Waals surface area contributed by atoms with E-state index in [1.165, 1.54) is 0 Å². The minimum Gasteiger partial charge on any atom is -0.393 e. The molecule has 4 saturated carbocycles. The number of hydrogen-bond donors (Lipinski definition) is 7. The SMILES string of the molecule is CC(C)[C@H](/C=C/[C@H](C)[C@H]1C[C@@H](O)[C@@H]2[C@]1(C)CC[C@@H]1[C@@]3(C)CC[C@H](O)C[C@@H]3[C@@H](O)C[C@]12O)O[C@H]1OC[C@@H](O)[C@@H](O)[C@H]1O. The largest absolute Gasteiger partial charge is 0.393 e. The van der Waals surface area contributed by atoms with E-state index in [0.29, 0.717) is 19.3 Å². The minimum atomic E-state index is -1.36. The summed E-state index contributed by atoms with van der Waals surface area (Å²) in [6, 6.07) is 0. The van der Waals surface area contributed by atoms with Gasteiger partial charge in [0.25, 0.3) is 0 Å². The van der Waals surface area contributed by atoms with Crippen LogP contribution in [-0.2, 0) is 9.47 Å². The normalized spacial score (nSPS) is 53.5. The first kappa shape index (κ1) is 31.8. The Morgan fingerprint density at radius 2 is 1.51 bits per heavy atom. The molecule has 0 aromatic rings. The molecule has 16 atom stereocenters. The highest BCUT2D eigenvalue weighted by Gasteiger charge is 2.70. The van der Waals surface area contributed by atoms with Gasteiger partial charge in [-0.2, -0.15) is 0 Å². The number of hydrogen-bond acceptors (Lipinski definition) is 9. The van der Waals surface area contributed by atoms with Gasteiger partial charge < -0.3 is 45.2 Å². The van der Waals surface area contributed by atoms with E-state index in [0.717, 1.165) is 19.3 Å². The van der Waals surface area contributed by atoms with Crippen LogP contribution in [0.15, 0.2) is 12.2 Å². The van der Waals surface area contributed by atoms with Gasteiger partial charge in [0.15, 0.2) is 6.29 Å². The number of allylic oxidation sites excluding steroid dienone is 1. The van der Waals surface area contributed by atoms with Crippen molar-refractivity contribution in [3.8, 4) is 0 Å². The van der Waals surface area contributed by atoms with Gasteiger partial charge in [0.1, 0.15) is 18.3 Å². The van der Waals surface area contributed by atoms with Crippen LogP contribution in [-0.4, -0.2) is 97.0 Å². The summed E-state index contributed by atoms with van der Waals surface area (Å²) in [5.41, 5.74) is -1.75. The van der Waals surface area contributed by atoms with E-state index in [4.69, 9.17) is 9.47 Å². The van der Waals surface area contributed by atoms with Gasteiger partial charge in [0.2, 0.25) is 0 Å². The van der Waals surface area contributed by atoms with Crippen LogP contribution in [0, 0.1) is 46.3 Å². The summed E-state index contributed by atoms with van der Waals surface area (Å²) in [7, 11) is 0. The van der Waals surface area contributed by atoms with Crippen LogP contribution in [0.2, 0.25) is 0 Å². The first-order valence-corrected chi connectivity index (χ1v) is 15.9. The maximum atomic E-state index is 12.5. The molecule has 1 saturated heterocycles. The second kappa shape index (κ2) is 11.4. The Morgan fingerprint density at radius 1 is 0.829 bits per heavy atom. The van der Waals surface area contributed by atoms with E-state index in [1.54, 1.807) is 0 Å². The molecule has 41 heavy (non-hydrogen) atoms. The first-order chi connectivity index (χ1) is 19.1. The van der Waals surface area contributed by atoms with Crippen molar-refractivity contribution in [3.63, 3.8) is 0 Å². The maximum absolute atomic E-state index is 12.5. The van der Waals surface area contributed by atoms with Crippen molar-refractivity contribution in [3.05, 3.63) is 12.2 Å². The highest BCUT2D eigenvalue weighted by atomic mass is 16.7. The van der Waals surface area contributed by atoms with Gasteiger partial charge in [-0.25, -0.2) is 0 Å². The maximum Gasteiger partial charge on any atom is 0.186 e. The smallest absolute Gasteiger partial charge is 0.186 e. The standard InChI is InChI=1S/C32H54O9/c1-16(2)24(41-29-27(38)26(37)23(36)15-40-29)7-6-17(3)19-13-21(34)28-31(19,5)11-9-25-30(4)10-8-18(33)12-20(30)22(35)14-32(25,28)39/h6-7,16-29,33-39H,8-15H2,1-5H3/b7-6+/t17-,18-,19+,20+,21+,22-,23+,24-,25+,26+,27+,28+,29+,30-,31+,32-/m0/s1. The van der Waals surface area contributed by atoms with E-state index < -0.39 is 54.6 Å². The van der Waals surface area contributed by atoms with Crippen molar-refractivity contribution in [2.75, 3.05) is 6.61 Å². The topological polar surface area (TPSA) is 160 Å². The van der Waals surface area contributed by atoms with Crippen LogP contribution in [0.1, 0.15) is 79.6 Å².